The van der Waals surface area contributed by atoms with Crippen LogP contribution in [-0.2, 0) is 6.61 Å². The highest BCUT2D eigenvalue weighted by atomic mass is 16.5. The fourth-order valence-corrected chi connectivity index (χ4v) is 1.89. The molecule has 0 radical (unpaired) electrons. The molecular weight excluding hydrogens is 284 g/mol. The first-order valence-corrected chi connectivity index (χ1v) is 6.90. The largest absolute Gasteiger partial charge is 0.491 e. The second kappa shape index (κ2) is 6.95. The highest BCUT2D eigenvalue weighted by molar-refractivity contribution is 5.88. The summed E-state index contributed by atoms with van der Waals surface area (Å²) in [7, 11) is 0. The van der Waals surface area contributed by atoms with Gasteiger partial charge in [-0.15, -0.1) is 0 Å². The predicted octanol–water partition coefficient (Wildman–Crippen LogP) is 3.46. The molecule has 0 aliphatic carbocycles. The first-order valence-electron chi connectivity index (χ1n) is 6.90. The van der Waals surface area contributed by atoms with Gasteiger partial charge in [0, 0.05) is 6.07 Å². The third-order valence-corrected chi connectivity index (χ3v) is 2.84. The van der Waals surface area contributed by atoms with Crippen molar-refractivity contribution < 1.29 is 24.5 Å². The Morgan fingerprint density at radius 2 is 1.68 bits per heavy atom. The van der Waals surface area contributed by atoms with E-state index in [0.29, 0.717) is 17.2 Å². The minimum Gasteiger partial charge on any atom is -0.491 e. The number of rotatable bonds is 6. The Hall–Kier alpha value is -2.53. The van der Waals surface area contributed by atoms with Gasteiger partial charge in [-0.3, -0.25) is 0 Å². The van der Waals surface area contributed by atoms with Gasteiger partial charge in [-0.25, -0.2) is 4.79 Å². The average Bonchev–Trinajstić information content (AvgIpc) is 2.47. The molecule has 5 nitrogen and oxygen atoms in total. The number of aliphatic hydroxyl groups is 1. The molecule has 116 valence electrons. The standard InChI is InChI=1S/C17H18O5/c1-11(2)21-15-7-13(17(19)20)8-16(9-15)22-14-5-3-12(10-18)4-6-14/h3-9,11,18H,10H2,1-2H3,(H,19,20). The van der Waals surface area contributed by atoms with Gasteiger partial charge in [0.2, 0.25) is 0 Å². The SMILES string of the molecule is CC(C)Oc1cc(Oc2ccc(CO)cc2)cc(C(=O)O)c1. The highest BCUT2D eigenvalue weighted by Gasteiger charge is 2.10. The van der Waals surface area contributed by atoms with Crippen LogP contribution in [0.15, 0.2) is 42.5 Å². The van der Waals surface area contributed by atoms with E-state index >= 15 is 0 Å². The van der Waals surface area contributed by atoms with E-state index in [1.54, 1.807) is 30.3 Å². The van der Waals surface area contributed by atoms with Gasteiger partial charge >= 0.3 is 5.97 Å². The molecule has 0 amide bonds. The van der Waals surface area contributed by atoms with Crippen molar-refractivity contribution in [3.63, 3.8) is 0 Å². The Balaban J connectivity index is 2.27. The summed E-state index contributed by atoms with van der Waals surface area (Å²) in [6.45, 7) is 3.68. The van der Waals surface area contributed by atoms with Gasteiger partial charge in [-0.05, 0) is 43.7 Å². The Bertz CT molecular complexity index is 647. The van der Waals surface area contributed by atoms with Gasteiger partial charge in [0.1, 0.15) is 17.2 Å². The fourth-order valence-electron chi connectivity index (χ4n) is 1.89. The number of aliphatic hydroxyl groups excluding tert-OH is 1. The van der Waals surface area contributed by atoms with Gasteiger partial charge in [0.15, 0.2) is 0 Å². The van der Waals surface area contributed by atoms with Crippen molar-refractivity contribution >= 4 is 5.97 Å². The molecule has 0 unspecified atom stereocenters. The third-order valence-electron chi connectivity index (χ3n) is 2.84. The van der Waals surface area contributed by atoms with Crippen LogP contribution in [0.3, 0.4) is 0 Å². The number of aromatic carboxylic acids is 1. The van der Waals surface area contributed by atoms with Crippen LogP contribution in [0.2, 0.25) is 0 Å². The van der Waals surface area contributed by atoms with Crippen LogP contribution in [-0.4, -0.2) is 22.3 Å². The lowest BCUT2D eigenvalue weighted by Crippen LogP contribution is -2.07. The van der Waals surface area contributed by atoms with E-state index in [1.807, 2.05) is 13.8 Å². The molecular formula is C17H18O5. The number of ether oxygens (including phenoxy) is 2. The number of hydrogen-bond acceptors (Lipinski definition) is 4. The molecule has 0 saturated heterocycles. The summed E-state index contributed by atoms with van der Waals surface area (Å²) < 4.78 is 11.2. The molecule has 0 fully saturated rings. The molecule has 2 N–H and O–H groups in total. The summed E-state index contributed by atoms with van der Waals surface area (Å²) in [5.41, 5.74) is 0.871. The zero-order valence-corrected chi connectivity index (χ0v) is 12.4. The number of carbonyl (C=O) groups is 1. The van der Waals surface area contributed by atoms with E-state index in [1.165, 1.54) is 12.1 Å². The Morgan fingerprint density at radius 1 is 1.05 bits per heavy atom. The molecule has 0 saturated carbocycles. The number of carboxylic acid groups (broad SMARTS) is 1. The normalized spacial score (nSPS) is 10.5. The van der Waals surface area contributed by atoms with Gasteiger partial charge in [0.05, 0.1) is 18.3 Å². The second-order valence-corrected chi connectivity index (χ2v) is 5.07. The molecule has 0 bridgehead atoms. The van der Waals surface area contributed by atoms with Gasteiger partial charge < -0.3 is 19.7 Å². The van der Waals surface area contributed by atoms with Crippen LogP contribution in [0.25, 0.3) is 0 Å². The van der Waals surface area contributed by atoms with Crippen molar-refractivity contribution in [3.05, 3.63) is 53.6 Å². The van der Waals surface area contributed by atoms with Crippen molar-refractivity contribution in [2.45, 2.75) is 26.6 Å². The minimum absolute atomic E-state index is 0.0405. The summed E-state index contributed by atoms with van der Waals surface area (Å²) >= 11 is 0. The van der Waals surface area contributed by atoms with E-state index in [-0.39, 0.29) is 18.3 Å². The lowest BCUT2D eigenvalue weighted by molar-refractivity contribution is 0.0695. The van der Waals surface area contributed by atoms with Crippen molar-refractivity contribution in [2.75, 3.05) is 0 Å². The quantitative estimate of drug-likeness (QED) is 0.854. The van der Waals surface area contributed by atoms with Crippen LogP contribution in [0.4, 0.5) is 0 Å². The molecule has 0 aliphatic heterocycles. The lowest BCUT2D eigenvalue weighted by atomic mass is 10.2. The number of benzene rings is 2. The average molecular weight is 302 g/mol. The monoisotopic (exact) mass is 302 g/mol. The molecule has 22 heavy (non-hydrogen) atoms. The number of carboxylic acids is 1. The topological polar surface area (TPSA) is 76.0 Å². The zero-order chi connectivity index (χ0) is 16.1. The van der Waals surface area contributed by atoms with Crippen molar-refractivity contribution in [2.24, 2.45) is 0 Å². The van der Waals surface area contributed by atoms with E-state index in [0.717, 1.165) is 5.56 Å². The maximum Gasteiger partial charge on any atom is 0.335 e. The third kappa shape index (κ3) is 4.23. The second-order valence-electron chi connectivity index (χ2n) is 5.07. The van der Waals surface area contributed by atoms with E-state index in [2.05, 4.69) is 0 Å². The van der Waals surface area contributed by atoms with Crippen LogP contribution < -0.4 is 9.47 Å². The number of hydrogen-bond donors (Lipinski definition) is 2. The van der Waals surface area contributed by atoms with Crippen molar-refractivity contribution in [3.8, 4) is 17.2 Å². The zero-order valence-electron chi connectivity index (χ0n) is 12.4. The predicted molar refractivity (Wildman–Crippen MR) is 81.6 cm³/mol. The van der Waals surface area contributed by atoms with Crippen LogP contribution >= 0.6 is 0 Å². The van der Waals surface area contributed by atoms with Crippen LogP contribution in [0.5, 0.6) is 17.2 Å². The highest BCUT2D eigenvalue weighted by Crippen LogP contribution is 2.28. The summed E-state index contributed by atoms with van der Waals surface area (Å²) in [4.78, 5) is 11.2. The molecule has 0 heterocycles. The van der Waals surface area contributed by atoms with E-state index in [4.69, 9.17) is 19.7 Å². The molecule has 2 aromatic carbocycles. The summed E-state index contributed by atoms with van der Waals surface area (Å²) in [5, 5.41) is 18.2. The Kier molecular flexibility index (Phi) is 5.01. The first-order chi connectivity index (χ1) is 10.5. The maximum absolute atomic E-state index is 11.2. The van der Waals surface area contributed by atoms with E-state index in [9.17, 15) is 4.79 Å². The molecule has 0 aliphatic rings. The Morgan fingerprint density at radius 3 is 2.23 bits per heavy atom. The van der Waals surface area contributed by atoms with Crippen molar-refractivity contribution in [1.29, 1.82) is 0 Å². The summed E-state index contributed by atoms with van der Waals surface area (Å²) in [6, 6.07) is 11.4. The smallest absolute Gasteiger partial charge is 0.335 e. The summed E-state index contributed by atoms with van der Waals surface area (Å²) in [6.07, 6.45) is -0.0688. The molecule has 0 aromatic heterocycles. The Labute approximate surface area is 128 Å². The molecule has 2 rings (SSSR count). The minimum atomic E-state index is -1.05. The summed E-state index contributed by atoms with van der Waals surface area (Å²) in [5.74, 6) is 0.328. The van der Waals surface area contributed by atoms with E-state index < -0.39 is 5.97 Å². The van der Waals surface area contributed by atoms with Gasteiger partial charge in [0.25, 0.3) is 0 Å². The van der Waals surface area contributed by atoms with Gasteiger partial charge in [-0.1, -0.05) is 12.1 Å². The molecule has 2 aromatic rings. The molecule has 0 atom stereocenters. The fraction of sp³-hybridized carbons (Fsp3) is 0.235. The molecule has 5 heteroatoms. The molecule has 0 spiro atoms. The first kappa shape index (κ1) is 15.9. The van der Waals surface area contributed by atoms with Crippen LogP contribution in [0, 0.1) is 0 Å². The maximum atomic E-state index is 11.2. The van der Waals surface area contributed by atoms with Gasteiger partial charge in [-0.2, -0.15) is 0 Å². The lowest BCUT2D eigenvalue weighted by Gasteiger charge is -2.13. The van der Waals surface area contributed by atoms with Crippen molar-refractivity contribution in [1.82, 2.24) is 0 Å². The van der Waals surface area contributed by atoms with Crippen LogP contribution in [0.1, 0.15) is 29.8 Å².